The predicted octanol–water partition coefficient (Wildman–Crippen LogP) is 5.01. The molecular formula is C29H43F2N3O3. The molecule has 2 aromatic rings. The Morgan fingerprint density at radius 2 is 1.41 bits per heavy atom. The Morgan fingerprint density at radius 3 is 1.95 bits per heavy atom. The van der Waals surface area contributed by atoms with E-state index in [0.717, 1.165) is 37.4 Å². The summed E-state index contributed by atoms with van der Waals surface area (Å²) >= 11 is 0. The first kappa shape index (κ1) is 32.2. The van der Waals surface area contributed by atoms with Crippen molar-refractivity contribution in [3.63, 3.8) is 0 Å². The van der Waals surface area contributed by atoms with Crippen LogP contribution in [0.25, 0.3) is 0 Å². The molecular weight excluding hydrogens is 476 g/mol. The first-order valence-electron chi connectivity index (χ1n) is 13.1. The van der Waals surface area contributed by atoms with E-state index >= 15 is 0 Å². The number of rotatable bonds is 13. The number of carbonyl (C=O) groups excluding carboxylic acids is 2. The van der Waals surface area contributed by atoms with Crippen molar-refractivity contribution < 1.29 is 23.5 Å². The van der Waals surface area contributed by atoms with Crippen LogP contribution in [-0.2, 0) is 0 Å². The van der Waals surface area contributed by atoms with Crippen molar-refractivity contribution in [2.75, 3.05) is 32.7 Å². The lowest BCUT2D eigenvalue weighted by molar-refractivity contribution is 0.0755. The first-order valence-corrected chi connectivity index (χ1v) is 13.1. The van der Waals surface area contributed by atoms with Gasteiger partial charge in [0.25, 0.3) is 11.8 Å². The molecule has 0 aliphatic carbocycles. The van der Waals surface area contributed by atoms with E-state index in [1.54, 1.807) is 19.1 Å². The summed E-state index contributed by atoms with van der Waals surface area (Å²) in [5.74, 6) is -1.29. The Kier molecular flexibility index (Phi) is 15.3. The lowest BCUT2D eigenvalue weighted by Crippen LogP contribution is -2.33. The molecule has 2 amide bonds. The lowest BCUT2D eigenvalue weighted by atomic mass is 10.0. The second-order valence-corrected chi connectivity index (χ2v) is 9.23. The summed E-state index contributed by atoms with van der Waals surface area (Å²) in [7, 11) is 0. The van der Waals surface area contributed by atoms with Crippen LogP contribution in [0.2, 0.25) is 0 Å². The number of aryl methyl sites for hydroxylation is 2. The molecule has 0 saturated carbocycles. The van der Waals surface area contributed by atoms with Crippen LogP contribution in [0, 0.1) is 25.5 Å². The van der Waals surface area contributed by atoms with Gasteiger partial charge in [0, 0.05) is 43.4 Å². The summed E-state index contributed by atoms with van der Waals surface area (Å²) in [6.45, 7) is 12.9. The van der Waals surface area contributed by atoms with E-state index in [9.17, 15) is 23.5 Å². The molecule has 37 heavy (non-hydrogen) atoms. The number of nitrogens with one attached hydrogen (secondary N) is 2. The van der Waals surface area contributed by atoms with Gasteiger partial charge in [-0.05, 0) is 87.5 Å². The normalized spacial score (nSPS) is 11.4. The SMILES string of the molecule is CCCNCC(O)CCNC(=O)c1cc(C)cc(C(=O)N(CCC)CCC)c1.Cc1cc(F)cc(F)c1. The number of carbonyl (C=O) groups is 2. The van der Waals surface area contributed by atoms with Gasteiger partial charge in [0.05, 0.1) is 6.10 Å². The molecule has 8 heteroatoms. The Bertz CT molecular complexity index is 928. The third-order valence-electron chi connectivity index (χ3n) is 5.44. The summed E-state index contributed by atoms with van der Waals surface area (Å²) in [6, 6.07) is 8.71. The number of benzene rings is 2. The van der Waals surface area contributed by atoms with Crippen LogP contribution in [0.1, 0.15) is 78.3 Å². The van der Waals surface area contributed by atoms with Gasteiger partial charge in [-0.2, -0.15) is 0 Å². The molecule has 206 valence electrons. The summed E-state index contributed by atoms with van der Waals surface area (Å²) in [4.78, 5) is 27.2. The van der Waals surface area contributed by atoms with Gasteiger partial charge in [-0.25, -0.2) is 8.78 Å². The molecule has 0 aliphatic heterocycles. The third kappa shape index (κ3) is 12.8. The van der Waals surface area contributed by atoms with Gasteiger partial charge in [-0.15, -0.1) is 0 Å². The minimum atomic E-state index is -0.521. The van der Waals surface area contributed by atoms with Crippen molar-refractivity contribution in [1.29, 1.82) is 0 Å². The highest BCUT2D eigenvalue weighted by Crippen LogP contribution is 2.13. The van der Waals surface area contributed by atoms with E-state index in [0.29, 0.717) is 49.3 Å². The van der Waals surface area contributed by atoms with Crippen molar-refractivity contribution in [2.24, 2.45) is 0 Å². The fourth-order valence-electron chi connectivity index (χ4n) is 3.77. The van der Waals surface area contributed by atoms with Crippen LogP contribution in [0.4, 0.5) is 8.78 Å². The van der Waals surface area contributed by atoms with Gasteiger partial charge in [0.2, 0.25) is 0 Å². The molecule has 3 N–H and O–H groups in total. The molecule has 0 spiro atoms. The molecule has 1 unspecified atom stereocenters. The van der Waals surface area contributed by atoms with E-state index < -0.39 is 17.7 Å². The molecule has 0 bridgehead atoms. The fourth-order valence-corrected chi connectivity index (χ4v) is 3.77. The Morgan fingerprint density at radius 1 is 0.838 bits per heavy atom. The van der Waals surface area contributed by atoms with Gasteiger partial charge in [-0.3, -0.25) is 9.59 Å². The average Bonchev–Trinajstić information content (AvgIpc) is 2.82. The molecule has 0 aliphatic rings. The van der Waals surface area contributed by atoms with Crippen molar-refractivity contribution in [2.45, 2.75) is 66.4 Å². The van der Waals surface area contributed by atoms with Crippen LogP contribution in [0.5, 0.6) is 0 Å². The summed E-state index contributed by atoms with van der Waals surface area (Å²) in [5.41, 5.74) is 2.52. The van der Waals surface area contributed by atoms with Crippen molar-refractivity contribution >= 4 is 11.8 Å². The minimum Gasteiger partial charge on any atom is -0.392 e. The molecule has 0 heterocycles. The molecule has 0 radical (unpaired) electrons. The van der Waals surface area contributed by atoms with Crippen LogP contribution in [0.15, 0.2) is 36.4 Å². The monoisotopic (exact) mass is 519 g/mol. The predicted molar refractivity (Wildman–Crippen MR) is 145 cm³/mol. The van der Waals surface area contributed by atoms with Gasteiger partial charge in [-0.1, -0.05) is 20.8 Å². The average molecular weight is 520 g/mol. The highest BCUT2D eigenvalue weighted by Gasteiger charge is 2.17. The van der Waals surface area contributed by atoms with E-state index in [1.165, 1.54) is 12.1 Å². The van der Waals surface area contributed by atoms with Gasteiger partial charge < -0.3 is 20.6 Å². The summed E-state index contributed by atoms with van der Waals surface area (Å²) in [6.07, 6.45) is 2.82. The van der Waals surface area contributed by atoms with E-state index in [1.807, 2.05) is 17.9 Å². The van der Waals surface area contributed by atoms with E-state index in [2.05, 4.69) is 31.4 Å². The second kappa shape index (κ2) is 17.6. The molecule has 2 aromatic carbocycles. The quantitative estimate of drug-likeness (QED) is 0.325. The number of aliphatic hydroxyl groups is 1. The zero-order valence-corrected chi connectivity index (χ0v) is 22.9. The van der Waals surface area contributed by atoms with Crippen LogP contribution < -0.4 is 10.6 Å². The highest BCUT2D eigenvalue weighted by molar-refractivity contribution is 6.00. The van der Waals surface area contributed by atoms with Gasteiger partial charge in [0.15, 0.2) is 0 Å². The Labute approximate surface area is 220 Å². The number of amides is 2. The highest BCUT2D eigenvalue weighted by atomic mass is 19.1. The standard InChI is InChI=1S/C22H37N3O3.C7H6F2/c1-5-9-23-16-20(26)8-10-24-21(27)18-13-17(4)14-19(15-18)22(28)25(11-6-2)12-7-3;1-5-2-6(8)4-7(9)3-5/h13-15,20,23,26H,5-12,16H2,1-4H3,(H,24,27);2-4H,1H3. The maximum Gasteiger partial charge on any atom is 0.253 e. The Hall–Kier alpha value is -2.84. The van der Waals surface area contributed by atoms with Gasteiger partial charge in [0.1, 0.15) is 11.6 Å². The topological polar surface area (TPSA) is 81.7 Å². The number of hydrogen-bond donors (Lipinski definition) is 3. The number of nitrogens with zero attached hydrogens (tertiary/aromatic N) is 1. The molecule has 6 nitrogen and oxygen atoms in total. The largest absolute Gasteiger partial charge is 0.392 e. The van der Waals surface area contributed by atoms with Crippen molar-refractivity contribution in [1.82, 2.24) is 15.5 Å². The van der Waals surface area contributed by atoms with Crippen LogP contribution in [0.3, 0.4) is 0 Å². The summed E-state index contributed by atoms with van der Waals surface area (Å²) < 4.78 is 24.4. The first-order chi connectivity index (χ1) is 17.6. The zero-order chi connectivity index (χ0) is 27.8. The number of hydrogen-bond acceptors (Lipinski definition) is 4. The zero-order valence-electron chi connectivity index (χ0n) is 22.9. The molecule has 1 atom stereocenters. The second-order valence-electron chi connectivity index (χ2n) is 9.23. The van der Waals surface area contributed by atoms with Crippen LogP contribution in [-0.4, -0.2) is 60.6 Å². The number of halogens is 2. The Balaban J connectivity index is 0.000000635. The third-order valence-corrected chi connectivity index (χ3v) is 5.44. The molecule has 2 rings (SSSR count). The maximum absolute atomic E-state index is 12.8. The molecule has 0 saturated heterocycles. The molecule has 0 aromatic heterocycles. The van der Waals surface area contributed by atoms with Gasteiger partial charge >= 0.3 is 0 Å². The summed E-state index contributed by atoms with van der Waals surface area (Å²) in [5, 5.41) is 15.9. The fraction of sp³-hybridized carbons (Fsp3) is 0.517. The van der Waals surface area contributed by atoms with Crippen molar-refractivity contribution in [3.8, 4) is 0 Å². The van der Waals surface area contributed by atoms with E-state index in [4.69, 9.17) is 0 Å². The van der Waals surface area contributed by atoms with Crippen LogP contribution >= 0.6 is 0 Å². The molecule has 0 fully saturated rings. The smallest absolute Gasteiger partial charge is 0.253 e. The number of aliphatic hydroxyl groups excluding tert-OH is 1. The maximum atomic E-state index is 12.8. The lowest BCUT2D eigenvalue weighted by Gasteiger charge is -2.22. The minimum absolute atomic E-state index is 0.0288. The van der Waals surface area contributed by atoms with E-state index in [-0.39, 0.29) is 11.8 Å². The van der Waals surface area contributed by atoms with Crippen molar-refractivity contribution in [3.05, 3.63) is 70.3 Å².